The van der Waals surface area contributed by atoms with Crippen molar-refractivity contribution in [3.63, 3.8) is 0 Å². The zero-order valence-corrected chi connectivity index (χ0v) is 9.36. The Balaban J connectivity index is 3.34. The van der Waals surface area contributed by atoms with E-state index in [9.17, 15) is 13.6 Å². The third-order valence-corrected chi connectivity index (χ3v) is 2.46. The van der Waals surface area contributed by atoms with E-state index in [4.69, 9.17) is 11.6 Å². The summed E-state index contributed by atoms with van der Waals surface area (Å²) in [7, 11) is 0. The van der Waals surface area contributed by atoms with Crippen LogP contribution in [0.4, 0.5) is 8.78 Å². The number of alkyl halides is 2. The van der Waals surface area contributed by atoms with E-state index in [2.05, 4.69) is 20.9 Å². The fourth-order valence-electron chi connectivity index (χ4n) is 0.950. The lowest BCUT2D eigenvalue weighted by atomic mass is 10.1. The summed E-state index contributed by atoms with van der Waals surface area (Å²) >= 11 is 8.15. The molecule has 1 rings (SSSR count). The van der Waals surface area contributed by atoms with Crippen molar-refractivity contribution in [3.8, 4) is 0 Å². The highest BCUT2D eigenvalue weighted by Crippen LogP contribution is 2.26. The van der Waals surface area contributed by atoms with E-state index in [0.717, 1.165) is 6.07 Å². The molecule has 0 spiro atoms. The third kappa shape index (κ3) is 2.27. The van der Waals surface area contributed by atoms with Crippen LogP contribution in [0.3, 0.4) is 0 Å². The zero-order chi connectivity index (χ0) is 10.9. The molecule has 76 valence electrons. The van der Waals surface area contributed by atoms with E-state index < -0.39 is 11.7 Å². The second-order valence-electron chi connectivity index (χ2n) is 2.58. The highest BCUT2D eigenvalue weighted by Gasteiger charge is 2.17. The summed E-state index contributed by atoms with van der Waals surface area (Å²) < 4.78 is 25.0. The van der Waals surface area contributed by atoms with Crippen molar-refractivity contribution < 1.29 is 13.6 Å². The second-order valence-corrected chi connectivity index (χ2v) is 3.67. The summed E-state index contributed by atoms with van der Waals surface area (Å²) in [5, 5.41) is -0.814. The number of carbonyl (C=O) groups excluding carboxylic acids is 1. The molecular weight excluding hydrogens is 279 g/mol. The number of nitrogens with zero attached hydrogens (tertiary/aromatic N) is 1. The molecular formula is C8H5BrClF2NO. The Hall–Kier alpha value is -0.550. The molecule has 0 fully saturated rings. The van der Waals surface area contributed by atoms with Gasteiger partial charge in [0, 0.05) is 11.3 Å². The Morgan fingerprint density at radius 2 is 2.21 bits per heavy atom. The van der Waals surface area contributed by atoms with Crippen LogP contribution >= 0.6 is 27.5 Å². The average molecular weight is 284 g/mol. The molecule has 0 aliphatic carbocycles. The first kappa shape index (κ1) is 11.5. The van der Waals surface area contributed by atoms with Crippen LogP contribution in [-0.2, 0) is 0 Å². The molecule has 0 saturated heterocycles. The summed E-state index contributed by atoms with van der Waals surface area (Å²) in [6.45, 7) is 1.44. The molecule has 0 bridgehead atoms. The lowest BCUT2D eigenvalue weighted by Gasteiger charge is -2.06. The molecule has 1 aromatic heterocycles. The summed E-state index contributed by atoms with van der Waals surface area (Å²) in [5.41, 5.74) is -0.154. The number of rotatable bonds is 2. The third-order valence-electron chi connectivity index (χ3n) is 1.65. The topological polar surface area (TPSA) is 30.0 Å². The van der Waals surface area contributed by atoms with E-state index in [1.807, 2.05) is 0 Å². The highest BCUT2D eigenvalue weighted by molar-refractivity contribution is 9.10. The van der Waals surface area contributed by atoms with Gasteiger partial charge in [0.25, 0.3) is 11.7 Å². The van der Waals surface area contributed by atoms with Gasteiger partial charge in [-0.1, -0.05) is 0 Å². The van der Waals surface area contributed by atoms with Gasteiger partial charge >= 0.3 is 0 Å². The van der Waals surface area contributed by atoms with Crippen LogP contribution < -0.4 is 0 Å². The summed E-state index contributed by atoms with van der Waals surface area (Å²) in [4.78, 5) is 14.6. The van der Waals surface area contributed by atoms with Gasteiger partial charge in [-0.3, -0.25) is 4.79 Å². The fraction of sp³-hybridized carbons (Fsp3) is 0.250. The smallest absolute Gasteiger partial charge is 0.265 e. The van der Waals surface area contributed by atoms with Gasteiger partial charge in [0.15, 0.2) is 0 Å². The van der Waals surface area contributed by atoms with Crippen molar-refractivity contribution >= 4 is 32.8 Å². The summed E-state index contributed by atoms with van der Waals surface area (Å²) in [5.74, 6) is 0. The minimum atomic E-state index is -2.66. The second kappa shape index (κ2) is 4.31. The summed E-state index contributed by atoms with van der Waals surface area (Å²) in [6.07, 6.45) is -2.66. The molecule has 0 saturated carbocycles. The van der Waals surface area contributed by atoms with Gasteiger partial charge < -0.3 is 0 Å². The van der Waals surface area contributed by atoms with Crippen molar-refractivity contribution in [2.75, 3.05) is 0 Å². The van der Waals surface area contributed by atoms with Crippen molar-refractivity contribution in [2.24, 2.45) is 0 Å². The van der Waals surface area contributed by atoms with Gasteiger partial charge in [-0.15, -0.1) is 0 Å². The average Bonchev–Trinajstić information content (AvgIpc) is 2.02. The lowest BCUT2D eigenvalue weighted by molar-refractivity contribution is 0.107. The molecule has 6 heteroatoms. The Morgan fingerprint density at radius 3 is 2.64 bits per heavy atom. The maximum absolute atomic E-state index is 12.4. The van der Waals surface area contributed by atoms with Crippen molar-refractivity contribution in [1.29, 1.82) is 0 Å². The molecule has 0 amide bonds. The Bertz CT molecular complexity index is 384. The number of carbonyl (C=O) groups is 1. The van der Waals surface area contributed by atoms with E-state index in [1.54, 1.807) is 0 Å². The van der Waals surface area contributed by atoms with Gasteiger partial charge in [0.2, 0.25) is 0 Å². The highest BCUT2D eigenvalue weighted by atomic mass is 79.9. The fourth-order valence-corrected chi connectivity index (χ4v) is 1.77. The van der Waals surface area contributed by atoms with Gasteiger partial charge in [-0.25, -0.2) is 13.8 Å². The monoisotopic (exact) mass is 283 g/mol. The van der Waals surface area contributed by atoms with Crippen molar-refractivity contribution in [1.82, 2.24) is 4.98 Å². The van der Waals surface area contributed by atoms with Crippen LogP contribution in [0.5, 0.6) is 0 Å². The minimum Gasteiger partial charge on any atom is -0.276 e. The number of aryl methyl sites for hydroxylation is 1. The molecule has 0 aliphatic rings. The Labute approximate surface area is 92.4 Å². The largest absolute Gasteiger partial charge is 0.276 e. The van der Waals surface area contributed by atoms with Gasteiger partial charge in [0.05, 0.1) is 5.56 Å². The lowest BCUT2D eigenvalue weighted by Crippen LogP contribution is -2.00. The first-order valence-corrected chi connectivity index (χ1v) is 4.75. The van der Waals surface area contributed by atoms with Crippen molar-refractivity contribution in [2.45, 2.75) is 13.3 Å². The van der Waals surface area contributed by atoms with Crippen LogP contribution in [0.15, 0.2) is 10.7 Å². The molecule has 1 aromatic rings. The van der Waals surface area contributed by atoms with E-state index in [1.165, 1.54) is 6.92 Å². The van der Waals surface area contributed by atoms with E-state index >= 15 is 0 Å². The molecule has 0 N–H and O–H groups in total. The maximum atomic E-state index is 12.4. The number of pyridine rings is 1. The quantitative estimate of drug-likeness (QED) is 0.615. The molecule has 2 nitrogen and oxygen atoms in total. The zero-order valence-electron chi connectivity index (χ0n) is 7.02. The Morgan fingerprint density at radius 1 is 1.64 bits per heavy atom. The number of aromatic nitrogens is 1. The molecule has 0 radical (unpaired) electrons. The first-order chi connectivity index (χ1) is 6.43. The Kier molecular flexibility index (Phi) is 3.55. The predicted molar refractivity (Wildman–Crippen MR) is 51.8 cm³/mol. The van der Waals surface area contributed by atoms with Gasteiger partial charge in [-0.2, -0.15) is 0 Å². The number of hydrogen-bond donors (Lipinski definition) is 0. The van der Waals surface area contributed by atoms with E-state index in [0.29, 0.717) is 0 Å². The maximum Gasteiger partial charge on any atom is 0.265 e. The van der Waals surface area contributed by atoms with Crippen LogP contribution in [0.25, 0.3) is 0 Å². The molecule has 0 unspecified atom stereocenters. The molecule has 0 aromatic carbocycles. The normalized spacial score (nSPS) is 10.7. The summed E-state index contributed by atoms with van der Waals surface area (Å²) in [6, 6.07) is 1.05. The molecule has 1 heterocycles. The number of hydrogen-bond acceptors (Lipinski definition) is 2. The molecule has 0 atom stereocenters. The van der Waals surface area contributed by atoms with Crippen LogP contribution in [0.2, 0.25) is 0 Å². The number of halogens is 4. The first-order valence-electron chi connectivity index (χ1n) is 3.58. The van der Waals surface area contributed by atoms with Crippen LogP contribution in [0, 0.1) is 6.92 Å². The van der Waals surface area contributed by atoms with Crippen LogP contribution in [-0.4, -0.2) is 10.2 Å². The predicted octanol–water partition coefficient (Wildman–Crippen LogP) is 3.47. The van der Waals surface area contributed by atoms with Gasteiger partial charge in [0.1, 0.15) is 4.60 Å². The minimum absolute atomic E-state index is 0.0485. The van der Waals surface area contributed by atoms with Crippen molar-refractivity contribution in [3.05, 3.63) is 27.5 Å². The van der Waals surface area contributed by atoms with Gasteiger partial charge in [-0.05, 0) is 40.5 Å². The van der Waals surface area contributed by atoms with E-state index in [-0.39, 0.29) is 21.4 Å². The molecule has 14 heavy (non-hydrogen) atoms. The SMILES string of the molecule is Cc1nc(Br)c(C(=O)Cl)cc1C(F)F. The van der Waals surface area contributed by atoms with Crippen LogP contribution in [0.1, 0.15) is 28.0 Å². The molecule has 0 aliphatic heterocycles. The standard InChI is InChI=1S/C8H5BrClF2NO/c1-3-4(8(11)12)2-5(7(10)14)6(9)13-3/h2,8H,1H3.